The topological polar surface area (TPSA) is 97.1 Å². The van der Waals surface area contributed by atoms with Gasteiger partial charge in [0.05, 0.1) is 26.3 Å². The van der Waals surface area contributed by atoms with Crippen molar-refractivity contribution in [2.24, 2.45) is 0 Å². The number of carbonyl (C=O) groups excluding carboxylic acids is 1. The van der Waals surface area contributed by atoms with Crippen LogP contribution < -0.4 is 18.9 Å². The highest BCUT2D eigenvalue weighted by molar-refractivity contribution is 9.08. The van der Waals surface area contributed by atoms with Gasteiger partial charge in [0.25, 0.3) is 5.69 Å². The van der Waals surface area contributed by atoms with Gasteiger partial charge in [-0.05, 0) is 23.8 Å². The maximum Gasteiger partial charge on any atom is 0.308 e. The zero-order valence-electron chi connectivity index (χ0n) is 16.4. The minimum atomic E-state index is -0.435. The molecule has 0 spiro atoms. The minimum Gasteiger partial charge on any atom is -0.496 e. The number of esters is 1. The Bertz CT molecular complexity index is 835. The molecule has 0 aliphatic heterocycles. The van der Waals surface area contributed by atoms with Crippen LogP contribution in [0.3, 0.4) is 0 Å². The van der Waals surface area contributed by atoms with Crippen LogP contribution in [0.4, 0.5) is 5.69 Å². The molecule has 0 saturated heterocycles. The maximum absolute atomic E-state index is 10.9. The second-order valence-electron chi connectivity index (χ2n) is 5.44. The van der Waals surface area contributed by atoms with E-state index in [1.54, 1.807) is 18.2 Å². The average Bonchev–Trinajstić information content (AvgIpc) is 2.73. The molecule has 0 amide bonds. The minimum absolute atomic E-state index is 0.0789. The lowest BCUT2D eigenvalue weighted by Gasteiger charge is -2.13. The van der Waals surface area contributed by atoms with Crippen molar-refractivity contribution in [3.05, 3.63) is 51.6 Å². The van der Waals surface area contributed by atoms with E-state index in [2.05, 4.69) is 15.9 Å². The van der Waals surface area contributed by atoms with E-state index >= 15 is 0 Å². The molecule has 0 bridgehead atoms. The highest BCUT2D eigenvalue weighted by Gasteiger charge is 2.15. The first-order valence-electron chi connectivity index (χ1n) is 8.17. The standard InChI is InChI=1S/C11H13ClO4.C8H8BrNO3/c1-7(13)16-11-9(14-2)4-8(6-12)5-10(11)15-3;1-13-8-3-2-7(10(11)12)4-6(8)5-9/h4-5H,6H2,1-3H3;2-4H,5H2,1H3. The first-order valence-corrected chi connectivity index (χ1v) is 9.83. The Morgan fingerprint density at radius 3 is 2.00 bits per heavy atom. The first-order chi connectivity index (χ1) is 13.8. The van der Waals surface area contributed by atoms with Crippen molar-refractivity contribution in [1.29, 1.82) is 0 Å². The van der Waals surface area contributed by atoms with Gasteiger partial charge >= 0.3 is 5.97 Å². The molecule has 0 aromatic heterocycles. The number of non-ortho nitro benzene ring substituents is 1. The van der Waals surface area contributed by atoms with Crippen molar-refractivity contribution < 1.29 is 28.7 Å². The summed E-state index contributed by atoms with van der Waals surface area (Å²) in [6.07, 6.45) is 0. The molecular formula is C19H21BrClNO7. The number of alkyl halides is 2. The molecule has 0 fully saturated rings. The molecule has 0 atom stereocenters. The molecule has 0 saturated carbocycles. The summed E-state index contributed by atoms with van der Waals surface area (Å²) >= 11 is 8.95. The number of hydrogen-bond donors (Lipinski definition) is 0. The number of carbonyl (C=O) groups is 1. The van der Waals surface area contributed by atoms with Crippen LogP contribution in [0.2, 0.25) is 0 Å². The number of nitrogens with zero attached hydrogens (tertiary/aromatic N) is 1. The monoisotopic (exact) mass is 489 g/mol. The van der Waals surface area contributed by atoms with Gasteiger partial charge in [-0.15, -0.1) is 11.6 Å². The quantitative estimate of drug-likeness (QED) is 0.180. The number of hydrogen-bond acceptors (Lipinski definition) is 7. The van der Waals surface area contributed by atoms with Crippen LogP contribution in [0.5, 0.6) is 23.0 Å². The van der Waals surface area contributed by atoms with Gasteiger partial charge < -0.3 is 18.9 Å². The summed E-state index contributed by atoms with van der Waals surface area (Å²) in [4.78, 5) is 20.9. The van der Waals surface area contributed by atoms with Gasteiger partial charge in [0.15, 0.2) is 11.5 Å². The number of methoxy groups -OCH3 is 3. The van der Waals surface area contributed by atoms with E-state index in [-0.39, 0.29) is 11.4 Å². The number of nitro benzene ring substituents is 1. The average molecular weight is 491 g/mol. The van der Waals surface area contributed by atoms with Crippen molar-refractivity contribution in [3.63, 3.8) is 0 Å². The smallest absolute Gasteiger partial charge is 0.308 e. The molecule has 0 radical (unpaired) electrons. The molecule has 0 N–H and O–H groups in total. The van der Waals surface area contributed by atoms with Crippen LogP contribution in [0.25, 0.3) is 0 Å². The molecular weight excluding hydrogens is 470 g/mol. The SMILES string of the molecule is COc1cc(CCl)cc(OC)c1OC(C)=O.COc1ccc([N+](=O)[O-])cc1CBr. The van der Waals surface area contributed by atoms with E-state index in [1.165, 1.54) is 40.4 Å². The van der Waals surface area contributed by atoms with Crippen molar-refractivity contribution in [2.75, 3.05) is 21.3 Å². The maximum atomic E-state index is 10.9. The fourth-order valence-electron chi connectivity index (χ4n) is 2.24. The van der Waals surface area contributed by atoms with E-state index in [9.17, 15) is 14.9 Å². The molecule has 2 rings (SSSR count). The summed E-state index contributed by atoms with van der Waals surface area (Å²) in [6, 6.07) is 7.91. The van der Waals surface area contributed by atoms with E-state index in [0.29, 0.717) is 28.5 Å². The van der Waals surface area contributed by atoms with Crippen molar-refractivity contribution in [2.45, 2.75) is 18.1 Å². The summed E-state index contributed by atoms with van der Waals surface area (Å²) < 4.78 is 20.3. The van der Waals surface area contributed by atoms with Gasteiger partial charge in [-0.1, -0.05) is 15.9 Å². The summed E-state index contributed by atoms with van der Waals surface area (Å²) in [7, 11) is 4.51. The third-order valence-corrected chi connectivity index (χ3v) is 4.45. The summed E-state index contributed by atoms with van der Waals surface area (Å²) in [5, 5.41) is 11.0. The number of nitro groups is 1. The third-order valence-electron chi connectivity index (χ3n) is 3.54. The van der Waals surface area contributed by atoms with E-state index in [0.717, 1.165) is 11.1 Å². The molecule has 29 heavy (non-hydrogen) atoms. The molecule has 2 aromatic carbocycles. The number of halogens is 2. The number of benzene rings is 2. The first kappa shape index (κ1) is 24.5. The highest BCUT2D eigenvalue weighted by atomic mass is 79.9. The predicted octanol–water partition coefficient (Wildman–Crippen LogP) is 4.87. The fraction of sp³-hybridized carbons (Fsp3) is 0.316. The third kappa shape index (κ3) is 7.10. The Kier molecular flexibility index (Phi) is 10.3. The van der Waals surface area contributed by atoms with Gasteiger partial charge in [0.1, 0.15) is 5.75 Å². The van der Waals surface area contributed by atoms with Gasteiger partial charge in [0, 0.05) is 35.8 Å². The largest absolute Gasteiger partial charge is 0.496 e. The number of ether oxygens (including phenoxy) is 4. The molecule has 0 aliphatic carbocycles. The Balaban J connectivity index is 0.000000296. The molecule has 10 heteroatoms. The Labute approximate surface area is 181 Å². The summed E-state index contributed by atoms with van der Waals surface area (Å²) in [5.74, 6) is 1.66. The fourth-order valence-corrected chi connectivity index (χ4v) is 2.83. The highest BCUT2D eigenvalue weighted by Crippen LogP contribution is 2.39. The van der Waals surface area contributed by atoms with E-state index in [1.807, 2.05) is 0 Å². The number of rotatable bonds is 7. The molecule has 0 aliphatic rings. The van der Waals surface area contributed by atoms with E-state index < -0.39 is 10.9 Å². The molecule has 158 valence electrons. The predicted molar refractivity (Wildman–Crippen MR) is 113 cm³/mol. The van der Waals surface area contributed by atoms with Crippen LogP contribution in [-0.2, 0) is 16.0 Å². The second-order valence-corrected chi connectivity index (χ2v) is 6.27. The van der Waals surface area contributed by atoms with Gasteiger partial charge in [-0.25, -0.2) is 0 Å². The molecule has 0 heterocycles. The molecule has 2 aromatic rings. The van der Waals surface area contributed by atoms with Crippen LogP contribution >= 0.6 is 27.5 Å². The van der Waals surface area contributed by atoms with Gasteiger partial charge in [-0.3, -0.25) is 14.9 Å². The zero-order chi connectivity index (χ0) is 22.0. The van der Waals surface area contributed by atoms with E-state index in [4.69, 9.17) is 30.5 Å². The molecule has 0 unspecified atom stereocenters. The lowest BCUT2D eigenvalue weighted by molar-refractivity contribution is -0.384. The Morgan fingerprint density at radius 2 is 1.62 bits per heavy atom. The lowest BCUT2D eigenvalue weighted by atomic mass is 10.2. The van der Waals surface area contributed by atoms with Gasteiger partial charge in [-0.2, -0.15) is 0 Å². The summed E-state index contributed by atoms with van der Waals surface area (Å²) in [5.41, 5.74) is 1.68. The summed E-state index contributed by atoms with van der Waals surface area (Å²) in [6.45, 7) is 1.31. The molecule has 8 nitrogen and oxygen atoms in total. The van der Waals surface area contributed by atoms with Gasteiger partial charge in [0.2, 0.25) is 5.75 Å². The van der Waals surface area contributed by atoms with Crippen LogP contribution in [0.15, 0.2) is 30.3 Å². The van der Waals surface area contributed by atoms with Crippen LogP contribution in [0, 0.1) is 10.1 Å². The van der Waals surface area contributed by atoms with Crippen molar-refractivity contribution in [3.8, 4) is 23.0 Å². The Morgan fingerprint density at radius 1 is 1.07 bits per heavy atom. The second kappa shape index (κ2) is 12.1. The Hall–Kier alpha value is -2.52. The normalized spacial score (nSPS) is 9.72. The van der Waals surface area contributed by atoms with Crippen molar-refractivity contribution in [1.82, 2.24) is 0 Å². The zero-order valence-corrected chi connectivity index (χ0v) is 18.7. The van der Waals surface area contributed by atoms with Crippen LogP contribution in [-0.4, -0.2) is 32.2 Å². The lowest BCUT2D eigenvalue weighted by Crippen LogP contribution is -2.05. The van der Waals surface area contributed by atoms with Crippen molar-refractivity contribution >= 4 is 39.2 Å². The van der Waals surface area contributed by atoms with Crippen LogP contribution in [0.1, 0.15) is 18.1 Å².